The molecule has 0 atom stereocenters. The molecule has 1 aliphatic heterocycles. The lowest BCUT2D eigenvalue weighted by atomic mass is 9.86. The summed E-state index contributed by atoms with van der Waals surface area (Å²) in [5.41, 5.74) is 9.64. The Morgan fingerprint density at radius 3 is 2.78 bits per heavy atom. The molecule has 0 saturated heterocycles. The first-order valence-electron chi connectivity index (χ1n) is 12.7. The average Bonchev–Trinajstić information content (AvgIpc) is 3.61. The molecule has 37 heavy (non-hydrogen) atoms. The van der Waals surface area contributed by atoms with Gasteiger partial charge in [0.25, 0.3) is 0 Å². The SMILES string of the molecule is CCn1cc(-c2cccc(Cc3c4c(nn3C)CCC3=C4/C=C/C=C(\Nc4ccn(C)n4)N=C3)c2)cn1. The summed E-state index contributed by atoms with van der Waals surface area (Å²) in [5.74, 6) is 1.54. The fourth-order valence-electron chi connectivity index (χ4n) is 5.03. The number of hydrogen-bond donors (Lipinski definition) is 1. The van der Waals surface area contributed by atoms with Gasteiger partial charge in [0.1, 0.15) is 5.82 Å². The van der Waals surface area contributed by atoms with E-state index < -0.39 is 0 Å². The van der Waals surface area contributed by atoms with Crippen LogP contribution in [0.25, 0.3) is 16.7 Å². The molecule has 8 heteroatoms. The third-order valence-electron chi connectivity index (χ3n) is 6.92. The molecule has 0 fully saturated rings. The predicted octanol–water partition coefficient (Wildman–Crippen LogP) is 4.92. The second-order valence-corrected chi connectivity index (χ2v) is 9.46. The van der Waals surface area contributed by atoms with Crippen LogP contribution in [-0.4, -0.2) is 35.6 Å². The second-order valence-electron chi connectivity index (χ2n) is 9.46. The molecule has 0 unspecified atom stereocenters. The maximum atomic E-state index is 4.91. The van der Waals surface area contributed by atoms with Gasteiger partial charge < -0.3 is 5.32 Å². The second kappa shape index (κ2) is 9.54. The number of aryl methyl sites for hydroxylation is 4. The van der Waals surface area contributed by atoms with Crippen molar-refractivity contribution in [3.8, 4) is 11.1 Å². The van der Waals surface area contributed by atoms with Gasteiger partial charge in [0.15, 0.2) is 5.82 Å². The molecule has 8 nitrogen and oxygen atoms in total. The first kappa shape index (κ1) is 23.0. The summed E-state index contributed by atoms with van der Waals surface area (Å²) in [7, 11) is 3.96. The molecule has 0 amide bonds. The molecule has 1 aliphatic carbocycles. The lowest BCUT2D eigenvalue weighted by Gasteiger charge is -2.18. The molecule has 2 aliphatic rings. The zero-order valence-electron chi connectivity index (χ0n) is 21.4. The Bertz CT molecular complexity index is 1590. The van der Waals surface area contributed by atoms with E-state index in [1.807, 2.05) is 42.5 Å². The number of allylic oxidation sites excluding steroid dienone is 5. The normalized spacial score (nSPS) is 17.0. The summed E-state index contributed by atoms with van der Waals surface area (Å²) in [6, 6.07) is 10.7. The lowest BCUT2D eigenvalue weighted by Crippen LogP contribution is -2.08. The maximum absolute atomic E-state index is 4.91. The molecule has 6 rings (SSSR count). The van der Waals surface area contributed by atoms with Crippen molar-refractivity contribution in [2.45, 2.75) is 32.7 Å². The van der Waals surface area contributed by atoms with E-state index >= 15 is 0 Å². The number of fused-ring (bicyclic) bond motifs is 2. The van der Waals surface area contributed by atoms with Crippen LogP contribution >= 0.6 is 0 Å². The number of nitrogens with one attached hydrogen (secondary N) is 1. The number of hydrogen-bond acceptors (Lipinski definition) is 5. The number of benzene rings is 1. The highest BCUT2D eigenvalue weighted by Gasteiger charge is 2.25. The number of rotatable bonds is 6. The van der Waals surface area contributed by atoms with E-state index in [0.29, 0.717) is 0 Å². The van der Waals surface area contributed by atoms with Gasteiger partial charge in [-0.15, -0.1) is 0 Å². The van der Waals surface area contributed by atoms with E-state index in [-0.39, 0.29) is 0 Å². The molecule has 1 N–H and O–H groups in total. The molecule has 4 aromatic rings. The smallest absolute Gasteiger partial charge is 0.153 e. The molecular weight excluding hydrogens is 460 g/mol. The molecular formula is C29H30N8. The summed E-state index contributed by atoms with van der Waals surface area (Å²) in [4.78, 5) is 4.75. The minimum Gasteiger partial charge on any atom is -0.323 e. The molecule has 186 valence electrons. The molecule has 0 bridgehead atoms. The minimum absolute atomic E-state index is 0.766. The van der Waals surface area contributed by atoms with Gasteiger partial charge in [0.05, 0.1) is 17.6 Å². The van der Waals surface area contributed by atoms with E-state index in [4.69, 9.17) is 10.1 Å². The van der Waals surface area contributed by atoms with Crippen LogP contribution < -0.4 is 5.32 Å². The third-order valence-corrected chi connectivity index (χ3v) is 6.92. The fourth-order valence-corrected chi connectivity index (χ4v) is 5.03. The molecule has 0 spiro atoms. The van der Waals surface area contributed by atoms with E-state index in [0.717, 1.165) is 48.7 Å². The number of anilines is 1. The van der Waals surface area contributed by atoms with Crippen molar-refractivity contribution in [1.82, 2.24) is 29.3 Å². The summed E-state index contributed by atoms with van der Waals surface area (Å²) in [6.45, 7) is 2.97. The molecule has 0 saturated carbocycles. The topological polar surface area (TPSA) is 77.9 Å². The Kier molecular flexibility index (Phi) is 5.92. The van der Waals surface area contributed by atoms with Gasteiger partial charge >= 0.3 is 0 Å². The summed E-state index contributed by atoms with van der Waals surface area (Å²) in [6.07, 6.45) is 16.8. The number of nitrogens with zero attached hydrogens (tertiary/aromatic N) is 7. The van der Waals surface area contributed by atoms with Crippen LogP contribution in [0.4, 0.5) is 5.82 Å². The van der Waals surface area contributed by atoms with Gasteiger partial charge in [-0.2, -0.15) is 15.3 Å². The zero-order chi connectivity index (χ0) is 25.4. The van der Waals surface area contributed by atoms with E-state index in [1.165, 1.54) is 33.5 Å². The molecule has 3 aromatic heterocycles. The summed E-state index contributed by atoms with van der Waals surface area (Å²) in [5, 5.41) is 17.0. The van der Waals surface area contributed by atoms with Crippen LogP contribution in [0.5, 0.6) is 0 Å². The highest BCUT2D eigenvalue weighted by Crippen LogP contribution is 2.36. The Labute approximate surface area is 216 Å². The number of aliphatic imine (C=N–C) groups is 1. The Morgan fingerprint density at radius 2 is 1.97 bits per heavy atom. The van der Waals surface area contributed by atoms with Crippen molar-refractivity contribution >= 4 is 17.6 Å². The third kappa shape index (κ3) is 4.58. The van der Waals surface area contributed by atoms with Crippen LogP contribution in [0.2, 0.25) is 0 Å². The van der Waals surface area contributed by atoms with Crippen LogP contribution in [0.3, 0.4) is 0 Å². The first-order chi connectivity index (χ1) is 18.1. The van der Waals surface area contributed by atoms with Crippen molar-refractivity contribution < 1.29 is 0 Å². The molecule has 4 heterocycles. The predicted molar refractivity (Wildman–Crippen MR) is 147 cm³/mol. The van der Waals surface area contributed by atoms with Gasteiger partial charge in [0, 0.05) is 62.9 Å². The molecule has 1 aromatic carbocycles. The Balaban J connectivity index is 1.30. The summed E-state index contributed by atoms with van der Waals surface area (Å²) >= 11 is 0. The van der Waals surface area contributed by atoms with Crippen molar-refractivity contribution in [1.29, 1.82) is 0 Å². The van der Waals surface area contributed by atoms with Crippen LogP contribution in [0.1, 0.15) is 35.9 Å². The largest absolute Gasteiger partial charge is 0.323 e. The van der Waals surface area contributed by atoms with Crippen LogP contribution in [-0.2, 0) is 33.5 Å². The standard InChI is InChI=1S/C29H30N8/c1-4-37-19-23(18-31-37)21-8-5-7-20(15-21)16-26-29-24-9-6-10-27(32-28-13-14-35(2)34-28)30-17-22(24)11-12-25(29)33-36(26)3/h5-10,13-15,17-19H,4,11-12,16H2,1-3H3,(H,30,32,34). The van der Waals surface area contributed by atoms with Gasteiger partial charge in [0.2, 0.25) is 0 Å². The van der Waals surface area contributed by atoms with Crippen molar-refractivity contribution in [3.05, 3.63) is 101 Å². The highest BCUT2D eigenvalue weighted by atomic mass is 15.3. The van der Waals surface area contributed by atoms with E-state index in [1.54, 1.807) is 4.68 Å². The van der Waals surface area contributed by atoms with Gasteiger partial charge in [-0.25, -0.2) is 4.99 Å². The monoisotopic (exact) mass is 490 g/mol. The quantitative estimate of drug-likeness (QED) is 0.416. The average molecular weight is 491 g/mol. The van der Waals surface area contributed by atoms with Crippen molar-refractivity contribution in [2.24, 2.45) is 19.1 Å². The minimum atomic E-state index is 0.766. The highest BCUT2D eigenvalue weighted by molar-refractivity contribution is 5.97. The Morgan fingerprint density at radius 1 is 1.05 bits per heavy atom. The van der Waals surface area contributed by atoms with Gasteiger partial charge in [-0.05, 0) is 48.1 Å². The lowest BCUT2D eigenvalue weighted by molar-refractivity contribution is 0.660. The van der Waals surface area contributed by atoms with E-state index in [2.05, 4.69) is 76.8 Å². The fraction of sp³-hybridized carbons (Fsp3) is 0.241. The van der Waals surface area contributed by atoms with Gasteiger partial charge in [-0.1, -0.05) is 36.4 Å². The van der Waals surface area contributed by atoms with Gasteiger partial charge in [-0.3, -0.25) is 14.0 Å². The first-order valence-corrected chi connectivity index (χ1v) is 12.7. The molecule has 0 radical (unpaired) electrons. The number of aromatic nitrogens is 6. The summed E-state index contributed by atoms with van der Waals surface area (Å²) < 4.78 is 5.78. The van der Waals surface area contributed by atoms with Crippen LogP contribution in [0.15, 0.2) is 83.5 Å². The van der Waals surface area contributed by atoms with Crippen molar-refractivity contribution in [3.63, 3.8) is 0 Å². The van der Waals surface area contributed by atoms with Crippen LogP contribution in [0, 0.1) is 0 Å². The van der Waals surface area contributed by atoms with Crippen molar-refractivity contribution in [2.75, 3.05) is 5.32 Å². The Hall–Kier alpha value is -4.46. The maximum Gasteiger partial charge on any atom is 0.153 e. The zero-order valence-corrected chi connectivity index (χ0v) is 21.4. The van der Waals surface area contributed by atoms with E-state index in [9.17, 15) is 0 Å².